The van der Waals surface area contributed by atoms with Gasteiger partial charge in [0, 0.05) is 89.0 Å². The van der Waals surface area contributed by atoms with Gasteiger partial charge in [-0.15, -0.1) is 0 Å². The zero-order chi connectivity index (χ0) is 64.6. The number of nitrogens with zero attached hydrogens (tertiary/aromatic N) is 4. The molecule has 2 aliphatic carbocycles. The highest BCUT2D eigenvalue weighted by Gasteiger charge is 2.38. The molecule has 2 aromatic heterocycles. The molecule has 0 atom stereocenters. The van der Waals surface area contributed by atoms with Crippen molar-refractivity contribution in [1.82, 2.24) is 9.13 Å². The summed E-state index contributed by atoms with van der Waals surface area (Å²) in [5.74, 6) is 0. The Labute approximate surface area is 561 Å². The lowest BCUT2D eigenvalue weighted by Crippen LogP contribution is -2.16. The van der Waals surface area contributed by atoms with E-state index in [0.717, 1.165) is 56.5 Å². The average molecular weight is 1230 g/mol. The third-order valence-electron chi connectivity index (χ3n) is 21.3. The highest BCUT2D eigenvalue weighted by Crippen LogP contribution is 2.54. The van der Waals surface area contributed by atoms with Crippen molar-refractivity contribution in [2.45, 2.75) is 52.4 Å². The minimum absolute atomic E-state index is 0.141. The first kappa shape index (κ1) is 57.0. The molecule has 0 aliphatic heterocycles. The Morgan fingerprint density at radius 3 is 1.04 bits per heavy atom. The van der Waals surface area contributed by atoms with E-state index in [1.807, 2.05) is 0 Å². The third-order valence-corrected chi connectivity index (χ3v) is 21.3. The van der Waals surface area contributed by atoms with E-state index in [-0.39, 0.29) is 10.8 Å². The van der Waals surface area contributed by atoms with Crippen LogP contribution in [0.4, 0.5) is 34.1 Å². The van der Waals surface area contributed by atoms with E-state index >= 15 is 0 Å². The third kappa shape index (κ3) is 8.82. The maximum absolute atomic E-state index is 2.46. The topological polar surface area (TPSA) is 16.3 Å². The Kier molecular flexibility index (Phi) is 13.0. The Morgan fingerprint density at radius 1 is 0.260 bits per heavy atom. The molecule has 0 saturated carbocycles. The molecule has 0 N–H and O–H groups in total. The Hall–Kier alpha value is -11.7. The van der Waals surface area contributed by atoms with Gasteiger partial charge >= 0.3 is 0 Å². The summed E-state index contributed by atoms with van der Waals surface area (Å²) in [7, 11) is 0. The van der Waals surface area contributed by atoms with Crippen LogP contribution in [0, 0.1) is 13.8 Å². The van der Waals surface area contributed by atoms with Gasteiger partial charge in [-0.1, -0.05) is 234 Å². The number of anilines is 6. The smallest absolute Gasteiger partial charge is 0.0540 e. The second-order valence-corrected chi connectivity index (χ2v) is 27.3. The van der Waals surface area contributed by atoms with Crippen molar-refractivity contribution in [1.29, 1.82) is 0 Å². The quantitative estimate of drug-likeness (QED) is 0.128. The van der Waals surface area contributed by atoms with Gasteiger partial charge in [0.1, 0.15) is 0 Å². The van der Waals surface area contributed by atoms with E-state index in [0.29, 0.717) is 0 Å². The van der Waals surface area contributed by atoms with Crippen LogP contribution in [0.2, 0.25) is 0 Å². The average Bonchev–Trinajstić information content (AvgIpc) is 1.57. The fourth-order valence-corrected chi connectivity index (χ4v) is 16.6. The fourth-order valence-electron chi connectivity index (χ4n) is 16.6. The lowest BCUT2D eigenvalue weighted by Gasteiger charge is -2.29. The lowest BCUT2D eigenvalue weighted by atomic mass is 9.82. The van der Waals surface area contributed by atoms with E-state index < -0.39 is 0 Å². The van der Waals surface area contributed by atoms with Crippen LogP contribution < -0.4 is 9.80 Å². The molecule has 4 heteroatoms. The number of aromatic nitrogens is 2. The molecule has 2 heterocycles. The molecule has 0 saturated heterocycles. The molecule has 0 fully saturated rings. The highest BCUT2D eigenvalue weighted by atomic mass is 15.2. The molecule has 96 heavy (non-hydrogen) atoms. The van der Waals surface area contributed by atoms with Crippen LogP contribution in [0.15, 0.2) is 315 Å². The maximum atomic E-state index is 2.46. The first-order valence-corrected chi connectivity index (χ1v) is 33.6. The predicted octanol–water partition coefficient (Wildman–Crippen LogP) is 25.1. The molecule has 0 amide bonds. The van der Waals surface area contributed by atoms with Gasteiger partial charge in [0.2, 0.25) is 0 Å². The van der Waals surface area contributed by atoms with Gasteiger partial charge in [-0.05, 0) is 201 Å². The number of rotatable bonds is 11. The molecule has 4 nitrogen and oxygen atoms in total. The number of hydrogen-bond donors (Lipinski definition) is 0. The summed E-state index contributed by atoms with van der Waals surface area (Å²) in [6.45, 7) is 14.0. The van der Waals surface area contributed by atoms with Gasteiger partial charge in [-0.25, -0.2) is 0 Å². The summed E-state index contributed by atoms with van der Waals surface area (Å²) < 4.78 is 4.92. The largest absolute Gasteiger partial charge is 0.313 e. The van der Waals surface area contributed by atoms with Crippen LogP contribution in [-0.2, 0) is 10.8 Å². The second-order valence-electron chi connectivity index (χ2n) is 27.3. The van der Waals surface area contributed by atoms with E-state index in [1.165, 1.54) is 122 Å². The second kappa shape index (κ2) is 21.9. The zero-order valence-electron chi connectivity index (χ0n) is 54.8. The molecule has 458 valence electrons. The van der Waals surface area contributed by atoms with Crippen molar-refractivity contribution < 1.29 is 0 Å². The van der Waals surface area contributed by atoms with Crippen molar-refractivity contribution in [2.75, 3.05) is 9.80 Å². The van der Waals surface area contributed by atoms with Crippen LogP contribution in [0.3, 0.4) is 0 Å². The van der Waals surface area contributed by atoms with Crippen LogP contribution in [0.5, 0.6) is 0 Å². The van der Waals surface area contributed by atoms with E-state index in [4.69, 9.17) is 0 Å². The van der Waals surface area contributed by atoms with Crippen molar-refractivity contribution in [3.8, 4) is 67.0 Å². The zero-order valence-corrected chi connectivity index (χ0v) is 54.8. The van der Waals surface area contributed by atoms with E-state index in [2.05, 4.69) is 376 Å². The van der Waals surface area contributed by atoms with Gasteiger partial charge in [-0.3, -0.25) is 0 Å². The number of benzene rings is 14. The molecular formula is C92H70N4. The summed E-state index contributed by atoms with van der Waals surface area (Å²) in [5.41, 5.74) is 31.3. The standard InChI is InChI=1S/C92H70N4/c1-59-89(63-25-9-7-10-26-63)79-55-65(39-53-87(79)93(59)67-41-45-69(46-42-67)95(85-37-21-29-61-23-13-15-31-73(61)85)71-49-51-77-75-33-17-19-35-81(75)91(3,4)83(77)57-71)66-40-54-88-80(56-66)90(64-27-11-8-12-28-64)60(2)94(88)68-43-47-70(48-44-68)96(86-38-22-30-62-24-14-16-32-74(62)86)72-50-52-78-76-34-18-20-36-82(76)92(5,6)84(78)58-72/h7-58H,1-6H3. The summed E-state index contributed by atoms with van der Waals surface area (Å²) in [6, 6.07) is 117. The summed E-state index contributed by atoms with van der Waals surface area (Å²) >= 11 is 0. The first-order chi connectivity index (χ1) is 47.0. The first-order valence-electron chi connectivity index (χ1n) is 33.6. The van der Waals surface area contributed by atoms with Crippen molar-refractivity contribution in [2.24, 2.45) is 0 Å². The monoisotopic (exact) mass is 1230 g/mol. The minimum atomic E-state index is -0.141. The summed E-state index contributed by atoms with van der Waals surface area (Å²) in [4.78, 5) is 4.91. The van der Waals surface area contributed by atoms with Gasteiger partial charge in [-0.2, -0.15) is 0 Å². The molecule has 0 unspecified atom stereocenters. The Balaban J connectivity index is 0.737. The minimum Gasteiger partial charge on any atom is -0.313 e. The Morgan fingerprint density at radius 2 is 0.615 bits per heavy atom. The molecule has 2 aliphatic rings. The fraction of sp³-hybridized carbons (Fsp3) is 0.0870. The summed E-state index contributed by atoms with van der Waals surface area (Å²) in [6.07, 6.45) is 0. The lowest BCUT2D eigenvalue weighted by molar-refractivity contribution is 0.660. The van der Waals surface area contributed by atoms with Crippen LogP contribution in [-0.4, -0.2) is 9.13 Å². The normalized spacial score (nSPS) is 13.3. The van der Waals surface area contributed by atoms with Crippen molar-refractivity contribution >= 4 is 77.5 Å². The SMILES string of the molecule is Cc1c(-c2ccccc2)c2cc(-c3ccc4c(c3)c(-c3ccccc3)c(C)n4-c3ccc(N(c4ccc5c(c4)C(C)(C)c4ccccc4-5)c4cccc5ccccc45)cc3)ccc2n1-c1ccc(N(c2ccc3c(c2)C(C)(C)c2ccccc2-3)c2cccc3ccccc23)cc1. The van der Waals surface area contributed by atoms with Gasteiger partial charge in [0.15, 0.2) is 0 Å². The van der Waals surface area contributed by atoms with E-state index in [9.17, 15) is 0 Å². The molecule has 0 spiro atoms. The van der Waals surface area contributed by atoms with Crippen LogP contribution >= 0.6 is 0 Å². The van der Waals surface area contributed by atoms with Gasteiger partial charge < -0.3 is 18.9 Å². The van der Waals surface area contributed by atoms with Crippen LogP contribution in [0.1, 0.15) is 61.3 Å². The maximum Gasteiger partial charge on any atom is 0.0540 e. The molecule has 16 aromatic rings. The Bertz CT molecular complexity index is 5420. The molecule has 0 bridgehead atoms. The highest BCUT2D eigenvalue weighted by molar-refractivity contribution is 6.06. The van der Waals surface area contributed by atoms with E-state index in [1.54, 1.807) is 0 Å². The van der Waals surface area contributed by atoms with Crippen LogP contribution in [0.25, 0.3) is 110 Å². The van der Waals surface area contributed by atoms with Crippen molar-refractivity contribution in [3.63, 3.8) is 0 Å². The van der Waals surface area contributed by atoms with Gasteiger partial charge in [0.25, 0.3) is 0 Å². The number of hydrogen-bond acceptors (Lipinski definition) is 2. The molecule has 14 aromatic carbocycles. The van der Waals surface area contributed by atoms with Gasteiger partial charge in [0.05, 0.1) is 22.4 Å². The number of fused-ring (bicyclic) bond motifs is 10. The predicted molar refractivity (Wildman–Crippen MR) is 405 cm³/mol. The molecule has 18 rings (SSSR count). The molecule has 0 radical (unpaired) electrons. The summed E-state index contributed by atoms with van der Waals surface area (Å²) in [5, 5.41) is 7.26. The molecular weight excluding hydrogens is 1160 g/mol. The van der Waals surface area contributed by atoms with Crippen molar-refractivity contribution in [3.05, 3.63) is 349 Å².